The SMILES string of the molecule is Cc1ccc2c(n1)S(=O)(=O)NC=C2. The molecule has 2 heterocycles. The van der Waals surface area contributed by atoms with Gasteiger partial charge in [0, 0.05) is 17.5 Å². The molecule has 0 amide bonds. The number of pyridine rings is 1. The molecule has 4 nitrogen and oxygen atoms in total. The number of aromatic nitrogens is 1. The van der Waals surface area contributed by atoms with Crippen LogP contribution in [0.15, 0.2) is 23.4 Å². The van der Waals surface area contributed by atoms with E-state index in [0.29, 0.717) is 11.3 Å². The fourth-order valence-corrected chi connectivity index (χ4v) is 2.22. The highest BCUT2D eigenvalue weighted by molar-refractivity contribution is 7.89. The van der Waals surface area contributed by atoms with Gasteiger partial charge in [0.1, 0.15) is 0 Å². The number of hydrogen-bond donors (Lipinski definition) is 1. The van der Waals surface area contributed by atoms with E-state index in [4.69, 9.17) is 0 Å². The molecule has 68 valence electrons. The van der Waals surface area contributed by atoms with Crippen LogP contribution < -0.4 is 4.72 Å². The van der Waals surface area contributed by atoms with E-state index in [1.54, 1.807) is 25.1 Å². The molecule has 0 aliphatic carbocycles. The largest absolute Gasteiger partial charge is 0.285 e. The van der Waals surface area contributed by atoms with Crippen LogP contribution in [0.1, 0.15) is 11.3 Å². The smallest absolute Gasteiger partial charge is 0.279 e. The van der Waals surface area contributed by atoms with Gasteiger partial charge >= 0.3 is 0 Å². The van der Waals surface area contributed by atoms with Crippen LogP contribution in [0.2, 0.25) is 0 Å². The van der Waals surface area contributed by atoms with Crippen molar-refractivity contribution >= 4 is 16.1 Å². The minimum atomic E-state index is -3.41. The molecule has 0 spiro atoms. The monoisotopic (exact) mass is 196 g/mol. The summed E-state index contributed by atoms with van der Waals surface area (Å²) < 4.78 is 25.1. The quantitative estimate of drug-likeness (QED) is 0.663. The molecular formula is C8H8N2O2S. The number of nitrogens with one attached hydrogen (secondary N) is 1. The van der Waals surface area contributed by atoms with Crippen molar-refractivity contribution in [3.05, 3.63) is 29.6 Å². The Balaban J connectivity index is 2.77. The first-order valence-electron chi connectivity index (χ1n) is 3.76. The fourth-order valence-electron chi connectivity index (χ4n) is 1.15. The van der Waals surface area contributed by atoms with Gasteiger partial charge in [-0.05, 0) is 19.1 Å². The zero-order chi connectivity index (χ0) is 9.47. The Morgan fingerprint density at radius 1 is 1.38 bits per heavy atom. The molecule has 0 aromatic carbocycles. The molecule has 13 heavy (non-hydrogen) atoms. The first-order chi connectivity index (χ1) is 6.09. The van der Waals surface area contributed by atoms with Gasteiger partial charge in [0.25, 0.3) is 10.0 Å². The number of aryl methyl sites for hydroxylation is 1. The van der Waals surface area contributed by atoms with E-state index in [9.17, 15) is 8.42 Å². The number of sulfonamides is 1. The second kappa shape index (κ2) is 2.56. The highest BCUT2D eigenvalue weighted by Gasteiger charge is 2.20. The van der Waals surface area contributed by atoms with Crippen LogP contribution in [0, 0.1) is 6.92 Å². The Morgan fingerprint density at radius 3 is 2.92 bits per heavy atom. The van der Waals surface area contributed by atoms with Gasteiger partial charge in [-0.25, -0.2) is 4.98 Å². The molecule has 0 saturated carbocycles. The van der Waals surface area contributed by atoms with Crippen LogP contribution in [0.4, 0.5) is 0 Å². The number of hydrogen-bond acceptors (Lipinski definition) is 3. The van der Waals surface area contributed by atoms with Crippen molar-refractivity contribution < 1.29 is 8.42 Å². The van der Waals surface area contributed by atoms with Gasteiger partial charge in [-0.3, -0.25) is 4.72 Å². The normalized spacial score (nSPS) is 17.6. The third-order valence-corrected chi connectivity index (χ3v) is 3.05. The minimum Gasteiger partial charge on any atom is -0.285 e. The van der Waals surface area contributed by atoms with Gasteiger partial charge in [-0.15, -0.1) is 0 Å². The average molecular weight is 196 g/mol. The highest BCUT2D eigenvalue weighted by atomic mass is 32.2. The third kappa shape index (κ3) is 1.31. The highest BCUT2D eigenvalue weighted by Crippen LogP contribution is 2.18. The van der Waals surface area contributed by atoms with Crippen molar-refractivity contribution in [2.75, 3.05) is 0 Å². The molecule has 0 atom stereocenters. The van der Waals surface area contributed by atoms with Crippen LogP contribution in [-0.4, -0.2) is 13.4 Å². The molecule has 5 heteroatoms. The van der Waals surface area contributed by atoms with E-state index in [1.807, 2.05) is 0 Å². The topological polar surface area (TPSA) is 59.1 Å². The maximum absolute atomic E-state index is 11.4. The molecule has 0 radical (unpaired) electrons. The van der Waals surface area contributed by atoms with Crippen molar-refractivity contribution in [3.63, 3.8) is 0 Å². The minimum absolute atomic E-state index is 0.106. The lowest BCUT2D eigenvalue weighted by Crippen LogP contribution is -2.23. The Labute approximate surface area is 76.4 Å². The second-order valence-electron chi connectivity index (χ2n) is 2.80. The van der Waals surface area contributed by atoms with Crippen molar-refractivity contribution in [1.82, 2.24) is 9.71 Å². The molecule has 0 fully saturated rings. The van der Waals surface area contributed by atoms with Crippen LogP contribution in [0.5, 0.6) is 0 Å². The van der Waals surface area contributed by atoms with E-state index >= 15 is 0 Å². The van der Waals surface area contributed by atoms with Gasteiger partial charge < -0.3 is 0 Å². The molecule has 1 aliphatic heterocycles. The second-order valence-corrected chi connectivity index (χ2v) is 4.43. The molecule has 1 N–H and O–H groups in total. The third-order valence-electron chi connectivity index (χ3n) is 1.77. The summed E-state index contributed by atoms with van der Waals surface area (Å²) in [6.45, 7) is 1.76. The number of rotatable bonds is 0. The fraction of sp³-hybridized carbons (Fsp3) is 0.125. The van der Waals surface area contributed by atoms with Gasteiger partial charge in [-0.1, -0.05) is 6.07 Å². The summed E-state index contributed by atoms with van der Waals surface area (Å²) in [7, 11) is -3.41. The van der Waals surface area contributed by atoms with E-state index < -0.39 is 10.0 Å². The summed E-state index contributed by atoms with van der Waals surface area (Å²) in [5, 5.41) is 0.106. The van der Waals surface area contributed by atoms with E-state index in [2.05, 4.69) is 9.71 Å². The zero-order valence-electron chi connectivity index (χ0n) is 6.98. The number of nitrogens with zero attached hydrogens (tertiary/aromatic N) is 1. The van der Waals surface area contributed by atoms with Crippen molar-refractivity contribution in [3.8, 4) is 0 Å². The predicted octanol–water partition coefficient (Wildman–Crippen LogP) is 0.653. The number of fused-ring (bicyclic) bond motifs is 1. The lowest BCUT2D eigenvalue weighted by Gasteiger charge is -2.11. The summed E-state index contributed by atoms with van der Waals surface area (Å²) >= 11 is 0. The average Bonchev–Trinajstić information content (AvgIpc) is 2.06. The Bertz CT molecular complexity index is 477. The predicted molar refractivity (Wildman–Crippen MR) is 48.3 cm³/mol. The van der Waals surface area contributed by atoms with Crippen LogP contribution in [-0.2, 0) is 10.0 Å². The maximum atomic E-state index is 11.4. The van der Waals surface area contributed by atoms with E-state index in [1.165, 1.54) is 6.20 Å². The molecule has 1 aromatic heterocycles. The van der Waals surface area contributed by atoms with Gasteiger partial charge in [0.15, 0.2) is 5.03 Å². The van der Waals surface area contributed by atoms with E-state index in [0.717, 1.165) is 0 Å². The molecule has 0 bridgehead atoms. The molecule has 1 aromatic rings. The summed E-state index contributed by atoms with van der Waals surface area (Å²) in [6.07, 6.45) is 3.08. The summed E-state index contributed by atoms with van der Waals surface area (Å²) in [5.41, 5.74) is 1.32. The first-order valence-corrected chi connectivity index (χ1v) is 5.24. The molecule has 1 aliphatic rings. The van der Waals surface area contributed by atoms with Gasteiger partial charge in [-0.2, -0.15) is 8.42 Å². The maximum Gasteiger partial charge on any atom is 0.279 e. The van der Waals surface area contributed by atoms with E-state index in [-0.39, 0.29) is 5.03 Å². The molecular weight excluding hydrogens is 188 g/mol. The van der Waals surface area contributed by atoms with Crippen LogP contribution >= 0.6 is 0 Å². The molecule has 2 rings (SSSR count). The first kappa shape index (κ1) is 8.25. The summed E-state index contributed by atoms with van der Waals surface area (Å²) in [4.78, 5) is 3.96. The summed E-state index contributed by atoms with van der Waals surface area (Å²) in [6, 6.07) is 3.52. The van der Waals surface area contributed by atoms with Gasteiger partial charge in [0.2, 0.25) is 0 Å². The van der Waals surface area contributed by atoms with Crippen LogP contribution in [0.3, 0.4) is 0 Å². The van der Waals surface area contributed by atoms with Crippen molar-refractivity contribution in [2.45, 2.75) is 11.9 Å². The Hall–Kier alpha value is -1.36. The summed E-state index contributed by atoms with van der Waals surface area (Å²) in [5.74, 6) is 0. The van der Waals surface area contributed by atoms with Crippen molar-refractivity contribution in [1.29, 1.82) is 0 Å². The van der Waals surface area contributed by atoms with Crippen molar-refractivity contribution in [2.24, 2.45) is 0 Å². The molecule has 0 unspecified atom stereocenters. The van der Waals surface area contributed by atoms with Crippen LogP contribution in [0.25, 0.3) is 6.08 Å². The Morgan fingerprint density at radius 2 is 2.15 bits per heavy atom. The van der Waals surface area contributed by atoms with Gasteiger partial charge in [0.05, 0.1) is 0 Å². The standard InChI is InChI=1S/C8H8N2O2S/c1-6-2-3-7-4-5-9-13(11,12)8(7)10-6/h2-5,9H,1H3. The lowest BCUT2D eigenvalue weighted by atomic mass is 10.2. The zero-order valence-corrected chi connectivity index (χ0v) is 7.80. The Kier molecular flexibility index (Phi) is 1.63. The molecule has 0 saturated heterocycles. The lowest BCUT2D eigenvalue weighted by molar-refractivity contribution is 0.585.